The molecule has 1 aromatic heterocycles. The van der Waals surface area contributed by atoms with E-state index in [1.807, 2.05) is 44.2 Å². The molecule has 1 N–H and O–H groups in total. The summed E-state index contributed by atoms with van der Waals surface area (Å²) in [5.74, 6) is -0.0675. The minimum atomic E-state index is -0.436. The SMILES string of the molecule is CCCCCN1N=C(C(=O)NC(C)(C)c2ccccc2)CC1c1ccsc1. The molecular weight excluding hydrogens is 354 g/mol. The number of carbonyl (C=O) groups is 1. The third-order valence-corrected chi connectivity index (χ3v) is 5.80. The number of amides is 1. The molecule has 0 aliphatic carbocycles. The molecule has 2 heterocycles. The van der Waals surface area contributed by atoms with Crippen molar-refractivity contribution in [2.45, 2.75) is 58.0 Å². The number of hydrogen-bond acceptors (Lipinski definition) is 4. The highest BCUT2D eigenvalue weighted by molar-refractivity contribution is 7.08. The third kappa shape index (κ3) is 4.78. The number of nitrogens with one attached hydrogen (secondary N) is 1. The molecule has 144 valence electrons. The van der Waals surface area contributed by atoms with E-state index in [1.54, 1.807) is 11.3 Å². The van der Waals surface area contributed by atoms with Crippen LogP contribution < -0.4 is 5.32 Å². The molecule has 0 saturated heterocycles. The van der Waals surface area contributed by atoms with Gasteiger partial charge < -0.3 is 5.32 Å². The summed E-state index contributed by atoms with van der Waals surface area (Å²) in [6.45, 7) is 7.16. The second-order valence-corrected chi connectivity index (χ2v) is 8.42. The van der Waals surface area contributed by atoms with Gasteiger partial charge in [0, 0.05) is 13.0 Å². The molecule has 0 fully saturated rings. The Hall–Kier alpha value is -2.14. The number of thiophene rings is 1. The van der Waals surface area contributed by atoms with Gasteiger partial charge >= 0.3 is 0 Å². The van der Waals surface area contributed by atoms with Crippen LogP contribution in [0.25, 0.3) is 0 Å². The van der Waals surface area contributed by atoms with Gasteiger partial charge in [0.15, 0.2) is 0 Å². The zero-order valence-electron chi connectivity index (χ0n) is 16.4. The van der Waals surface area contributed by atoms with Gasteiger partial charge in [-0.3, -0.25) is 9.80 Å². The van der Waals surface area contributed by atoms with Gasteiger partial charge in [0.25, 0.3) is 5.91 Å². The Labute approximate surface area is 166 Å². The van der Waals surface area contributed by atoms with Crippen molar-refractivity contribution in [1.29, 1.82) is 0 Å². The Bertz CT molecular complexity index is 768. The molecule has 0 radical (unpaired) electrons. The lowest BCUT2D eigenvalue weighted by molar-refractivity contribution is -0.116. The first-order valence-corrected chi connectivity index (χ1v) is 10.7. The maximum atomic E-state index is 13.0. The van der Waals surface area contributed by atoms with Crippen molar-refractivity contribution in [2.75, 3.05) is 6.54 Å². The highest BCUT2D eigenvalue weighted by Gasteiger charge is 2.33. The van der Waals surface area contributed by atoms with Crippen LogP contribution in [0.5, 0.6) is 0 Å². The van der Waals surface area contributed by atoms with Crippen LogP contribution in [-0.2, 0) is 10.3 Å². The molecule has 1 aliphatic heterocycles. The summed E-state index contributed by atoms with van der Waals surface area (Å²) in [5, 5.41) is 14.3. The Morgan fingerprint density at radius 3 is 2.70 bits per heavy atom. The second kappa shape index (κ2) is 8.70. The summed E-state index contributed by atoms with van der Waals surface area (Å²) in [5.41, 5.74) is 2.54. The normalized spacial score (nSPS) is 17.1. The molecular formula is C22H29N3OS. The predicted molar refractivity (Wildman–Crippen MR) is 113 cm³/mol. The molecule has 1 unspecified atom stereocenters. The van der Waals surface area contributed by atoms with Crippen molar-refractivity contribution < 1.29 is 4.79 Å². The number of hydrogen-bond donors (Lipinski definition) is 1. The van der Waals surface area contributed by atoms with Crippen LogP contribution in [-0.4, -0.2) is 23.2 Å². The fraction of sp³-hybridized carbons (Fsp3) is 0.455. The first-order chi connectivity index (χ1) is 13.0. The highest BCUT2D eigenvalue weighted by atomic mass is 32.1. The molecule has 1 aromatic carbocycles. The zero-order valence-corrected chi connectivity index (χ0v) is 17.3. The minimum absolute atomic E-state index is 0.0675. The number of rotatable bonds is 8. The third-order valence-electron chi connectivity index (χ3n) is 5.10. The maximum absolute atomic E-state index is 13.0. The molecule has 1 aliphatic rings. The second-order valence-electron chi connectivity index (χ2n) is 7.64. The minimum Gasteiger partial charge on any atom is -0.342 e. The van der Waals surface area contributed by atoms with E-state index in [4.69, 9.17) is 5.10 Å². The summed E-state index contributed by atoms with van der Waals surface area (Å²) in [4.78, 5) is 13.0. The summed E-state index contributed by atoms with van der Waals surface area (Å²) in [6, 6.07) is 12.4. The lowest BCUT2D eigenvalue weighted by atomic mass is 9.93. The van der Waals surface area contributed by atoms with Crippen LogP contribution in [0.1, 0.15) is 63.6 Å². The van der Waals surface area contributed by atoms with E-state index < -0.39 is 5.54 Å². The number of unbranched alkanes of at least 4 members (excludes halogenated alkanes) is 2. The van der Waals surface area contributed by atoms with Crippen LogP contribution >= 0.6 is 11.3 Å². The summed E-state index contributed by atoms with van der Waals surface area (Å²) < 4.78 is 0. The van der Waals surface area contributed by atoms with Crippen LogP contribution in [0.4, 0.5) is 0 Å². The van der Waals surface area contributed by atoms with E-state index in [0.717, 1.165) is 18.5 Å². The van der Waals surface area contributed by atoms with E-state index in [2.05, 4.69) is 34.1 Å². The number of benzene rings is 1. The van der Waals surface area contributed by atoms with Gasteiger partial charge in [0.05, 0.1) is 11.6 Å². The van der Waals surface area contributed by atoms with E-state index in [-0.39, 0.29) is 11.9 Å². The molecule has 0 spiro atoms. The van der Waals surface area contributed by atoms with E-state index in [9.17, 15) is 4.79 Å². The van der Waals surface area contributed by atoms with Gasteiger partial charge in [-0.15, -0.1) is 0 Å². The molecule has 27 heavy (non-hydrogen) atoms. The molecule has 1 atom stereocenters. The van der Waals surface area contributed by atoms with Crippen molar-refractivity contribution in [2.24, 2.45) is 5.10 Å². The average Bonchev–Trinajstić information content (AvgIpc) is 3.32. The molecule has 1 amide bonds. The van der Waals surface area contributed by atoms with Crippen molar-refractivity contribution >= 4 is 23.0 Å². The summed E-state index contributed by atoms with van der Waals surface area (Å²) >= 11 is 1.70. The van der Waals surface area contributed by atoms with Gasteiger partial charge in [-0.2, -0.15) is 16.4 Å². The summed E-state index contributed by atoms with van der Waals surface area (Å²) in [7, 11) is 0. The van der Waals surface area contributed by atoms with Gasteiger partial charge in [-0.1, -0.05) is 50.1 Å². The predicted octanol–water partition coefficient (Wildman–Crippen LogP) is 5.09. The van der Waals surface area contributed by atoms with Crippen LogP contribution in [0.2, 0.25) is 0 Å². The Kier molecular flexibility index (Phi) is 6.32. The van der Waals surface area contributed by atoms with Crippen molar-refractivity contribution in [3.05, 3.63) is 58.3 Å². The first kappa shape index (κ1) is 19.6. The first-order valence-electron chi connectivity index (χ1n) is 9.75. The molecule has 4 nitrogen and oxygen atoms in total. The maximum Gasteiger partial charge on any atom is 0.268 e. The summed E-state index contributed by atoms with van der Waals surface area (Å²) in [6.07, 6.45) is 4.13. The number of hydrazone groups is 1. The lowest BCUT2D eigenvalue weighted by Crippen LogP contribution is -2.44. The van der Waals surface area contributed by atoms with Gasteiger partial charge in [-0.25, -0.2) is 0 Å². The van der Waals surface area contributed by atoms with Crippen molar-refractivity contribution in [3.63, 3.8) is 0 Å². The number of nitrogens with zero attached hydrogens (tertiary/aromatic N) is 2. The smallest absolute Gasteiger partial charge is 0.268 e. The molecule has 5 heteroatoms. The van der Waals surface area contributed by atoms with Crippen molar-refractivity contribution in [1.82, 2.24) is 10.3 Å². The van der Waals surface area contributed by atoms with Crippen molar-refractivity contribution in [3.8, 4) is 0 Å². The van der Waals surface area contributed by atoms with Gasteiger partial charge in [-0.05, 0) is 48.2 Å². The molecule has 3 rings (SSSR count). The fourth-order valence-electron chi connectivity index (χ4n) is 3.46. The zero-order chi connectivity index (χ0) is 19.3. The number of carbonyl (C=O) groups excluding carboxylic acids is 1. The van der Waals surface area contributed by atoms with E-state index in [0.29, 0.717) is 12.1 Å². The molecule has 2 aromatic rings. The van der Waals surface area contributed by atoms with Crippen LogP contribution in [0, 0.1) is 0 Å². The Morgan fingerprint density at radius 1 is 1.26 bits per heavy atom. The average molecular weight is 384 g/mol. The standard InChI is InChI=1S/C22H29N3OS/c1-4-5-9-13-25-20(17-12-14-27-16-17)15-19(24-25)21(26)23-22(2,3)18-10-7-6-8-11-18/h6-8,10-12,14,16,20H,4-5,9,13,15H2,1-3H3,(H,23,26). The Balaban J connectivity index is 1.72. The van der Waals surface area contributed by atoms with E-state index in [1.165, 1.54) is 18.4 Å². The van der Waals surface area contributed by atoms with E-state index >= 15 is 0 Å². The lowest BCUT2D eigenvalue weighted by Gasteiger charge is -2.26. The largest absolute Gasteiger partial charge is 0.342 e. The Morgan fingerprint density at radius 2 is 2.04 bits per heavy atom. The van der Waals surface area contributed by atoms with Crippen LogP contribution in [0.3, 0.4) is 0 Å². The monoisotopic (exact) mass is 383 g/mol. The van der Waals surface area contributed by atoms with Gasteiger partial charge in [0.1, 0.15) is 5.71 Å². The molecule has 0 bridgehead atoms. The fourth-order valence-corrected chi connectivity index (χ4v) is 4.17. The molecule has 0 saturated carbocycles. The van der Waals surface area contributed by atoms with Gasteiger partial charge in [0.2, 0.25) is 0 Å². The quantitative estimate of drug-likeness (QED) is 0.645. The highest BCUT2D eigenvalue weighted by Crippen LogP contribution is 2.32. The topological polar surface area (TPSA) is 44.7 Å². The van der Waals surface area contributed by atoms with Crippen LogP contribution in [0.15, 0.2) is 52.3 Å².